The van der Waals surface area contributed by atoms with Crippen molar-refractivity contribution in [2.24, 2.45) is 16.7 Å². The smallest absolute Gasteiger partial charge is 0.00576 e. The molecule has 16 heavy (non-hydrogen) atoms. The van der Waals surface area contributed by atoms with E-state index < -0.39 is 0 Å². The predicted molar refractivity (Wildman–Crippen MR) is 78.5 cm³/mol. The van der Waals surface area contributed by atoms with E-state index in [9.17, 15) is 0 Å². The summed E-state index contributed by atoms with van der Waals surface area (Å²) >= 11 is 0. The molecule has 0 aromatic rings. The summed E-state index contributed by atoms with van der Waals surface area (Å²) in [5, 5.41) is 0. The molecule has 0 unspecified atom stereocenters. The van der Waals surface area contributed by atoms with Gasteiger partial charge in [0.25, 0.3) is 0 Å². The molecule has 0 heteroatoms. The van der Waals surface area contributed by atoms with E-state index in [4.69, 9.17) is 6.42 Å². The highest BCUT2D eigenvalue weighted by molar-refractivity contribution is 4.84. The highest BCUT2D eigenvalue weighted by Crippen LogP contribution is 2.43. The van der Waals surface area contributed by atoms with Crippen LogP contribution < -0.4 is 0 Å². The van der Waals surface area contributed by atoms with Gasteiger partial charge in [-0.05, 0) is 16.7 Å². The third kappa shape index (κ3) is 8.84. The Morgan fingerprint density at radius 1 is 1.00 bits per heavy atom. The van der Waals surface area contributed by atoms with Gasteiger partial charge >= 0.3 is 0 Å². The number of terminal acetylenes is 1. The molecule has 0 aliphatic carbocycles. The van der Waals surface area contributed by atoms with Crippen LogP contribution in [0.25, 0.3) is 0 Å². The van der Waals surface area contributed by atoms with E-state index in [0.717, 1.165) is 12.3 Å². The average Bonchev–Trinajstić information content (AvgIpc) is 2.19. The van der Waals surface area contributed by atoms with Gasteiger partial charge < -0.3 is 0 Å². The molecule has 0 amide bonds. The largest absolute Gasteiger partial charge is 0.120 e. The molecule has 0 aliphatic heterocycles. The van der Waals surface area contributed by atoms with E-state index in [-0.39, 0.29) is 0 Å². The lowest BCUT2D eigenvalue weighted by atomic mass is 9.63. The van der Waals surface area contributed by atoms with Crippen LogP contribution in [0.2, 0.25) is 0 Å². The lowest BCUT2D eigenvalue weighted by molar-refractivity contribution is 0.0737. The molecular weight excluding hydrogens is 192 g/mol. The lowest BCUT2D eigenvalue weighted by Crippen LogP contribution is -2.34. The van der Waals surface area contributed by atoms with Crippen molar-refractivity contribution in [3.8, 4) is 12.3 Å². The van der Waals surface area contributed by atoms with Gasteiger partial charge in [-0.1, -0.05) is 69.2 Å². The molecule has 0 aromatic heterocycles. The topological polar surface area (TPSA) is 0 Å². The van der Waals surface area contributed by atoms with Crippen LogP contribution in [0.4, 0.5) is 0 Å². The van der Waals surface area contributed by atoms with Crippen molar-refractivity contribution in [1.82, 2.24) is 0 Å². The summed E-state index contributed by atoms with van der Waals surface area (Å²) in [6.45, 7) is 22.2. The molecule has 0 heterocycles. The summed E-state index contributed by atoms with van der Waals surface area (Å²) in [6, 6.07) is 0. The van der Waals surface area contributed by atoms with Gasteiger partial charge in [-0.15, -0.1) is 12.3 Å². The summed E-state index contributed by atoms with van der Waals surface area (Å²) in [6.07, 6.45) is 5.62. The molecular formula is C16H34. The average molecular weight is 226 g/mol. The first-order valence-electron chi connectivity index (χ1n) is 6.54. The second-order valence-electron chi connectivity index (χ2n) is 5.68. The van der Waals surface area contributed by atoms with Gasteiger partial charge in [-0.3, -0.25) is 0 Å². The van der Waals surface area contributed by atoms with Crippen LogP contribution in [0.15, 0.2) is 0 Å². The first kappa shape index (κ1) is 20.9. The molecule has 0 saturated carbocycles. The Balaban J connectivity index is -0.000000237. The van der Waals surface area contributed by atoms with Gasteiger partial charge in [0.05, 0.1) is 0 Å². The standard InChI is InChI=1S/C10H22.C4H6.C2H6/c1-8(2)10(6,7)9(3,4)5;1-3-4-2;1-2/h8H,1-7H3;1H,4H2,2H3;1-2H3. The molecule has 0 saturated heterocycles. The van der Waals surface area contributed by atoms with Crippen LogP contribution in [0.3, 0.4) is 0 Å². The molecule has 0 aromatic carbocycles. The van der Waals surface area contributed by atoms with Gasteiger partial charge in [0.2, 0.25) is 0 Å². The number of hydrogen-bond acceptors (Lipinski definition) is 0. The van der Waals surface area contributed by atoms with Gasteiger partial charge in [0, 0.05) is 6.42 Å². The first-order valence-corrected chi connectivity index (χ1v) is 6.54. The zero-order valence-corrected chi connectivity index (χ0v) is 13.4. The Kier molecular flexibility index (Phi) is 12.8. The minimum absolute atomic E-state index is 0.418. The van der Waals surface area contributed by atoms with Gasteiger partial charge in [-0.2, -0.15) is 0 Å². The number of rotatable bonds is 1. The SMILES string of the molecule is C#CCC.CC.CC(C)C(C)(C)C(C)(C)C. The first-order chi connectivity index (χ1) is 7.11. The van der Waals surface area contributed by atoms with Crippen molar-refractivity contribution >= 4 is 0 Å². The summed E-state index contributed by atoms with van der Waals surface area (Å²) < 4.78 is 0. The fraction of sp³-hybridized carbons (Fsp3) is 0.875. The van der Waals surface area contributed by atoms with Crippen LogP contribution in [-0.2, 0) is 0 Å². The van der Waals surface area contributed by atoms with Crippen LogP contribution in [-0.4, -0.2) is 0 Å². The molecule has 0 spiro atoms. The molecule has 0 N–H and O–H groups in total. The minimum atomic E-state index is 0.418. The second kappa shape index (κ2) is 9.76. The fourth-order valence-electron chi connectivity index (χ4n) is 0.866. The summed E-state index contributed by atoms with van der Waals surface area (Å²) in [5.74, 6) is 3.19. The van der Waals surface area contributed by atoms with Crippen LogP contribution in [0, 0.1) is 29.1 Å². The van der Waals surface area contributed by atoms with Gasteiger partial charge in [-0.25, -0.2) is 0 Å². The zero-order valence-electron chi connectivity index (χ0n) is 13.4. The Morgan fingerprint density at radius 3 is 1.25 bits per heavy atom. The molecule has 0 atom stereocenters. The van der Waals surface area contributed by atoms with Crippen molar-refractivity contribution in [1.29, 1.82) is 0 Å². The molecule has 0 nitrogen and oxygen atoms in total. The Bertz CT molecular complexity index is 171. The van der Waals surface area contributed by atoms with Crippen molar-refractivity contribution in [3.05, 3.63) is 0 Å². The Hall–Kier alpha value is -0.440. The Morgan fingerprint density at radius 2 is 1.25 bits per heavy atom. The fourth-order valence-corrected chi connectivity index (χ4v) is 0.866. The van der Waals surface area contributed by atoms with E-state index in [2.05, 4.69) is 54.4 Å². The van der Waals surface area contributed by atoms with E-state index in [0.29, 0.717) is 10.8 Å². The molecule has 0 bridgehead atoms. The molecule has 98 valence electrons. The van der Waals surface area contributed by atoms with Crippen molar-refractivity contribution in [2.45, 2.75) is 75.7 Å². The van der Waals surface area contributed by atoms with E-state index in [1.807, 2.05) is 20.8 Å². The third-order valence-electron chi connectivity index (χ3n) is 3.58. The predicted octanol–water partition coefficient (Wildman–Crippen LogP) is 5.77. The minimum Gasteiger partial charge on any atom is -0.120 e. The van der Waals surface area contributed by atoms with Crippen LogP contribution >= 0.6 is 0 Å². The van der Waals surface area contributed by atoms with Crippen molar-refractivity contribution in [3.63, 3.8) is 0 Å². The normalized spacial score (nSPS) is 10.6. The highest BCUT2D eigenvalue weighted by atomic mass is 14.4. The van der Waals surface area contributed by atoms with Crippen LogP contribution in [0.5, 0.6) is 0 Å². The molecule has 0 fully saturated rings. The third-order valence-corrected chi connectivity index (χ3v) is 3.58. The quantitative estimate of drug-likeness (QED) is 0.498. The lowest BCUT2D eigenvalue weighted by Gasteiger charge is -2.42. The van der Waals surface area contributed by atoms with E-state index in [1.165, 1.54) is 0 Å². The van der Waals surface area contributed by atoms with E-state index in [1.54, 1.807) is 0 Å². The van der Waals surface area contributed by atoms with Crippen molar-refractivity contribution in [2.75, 3.05) is 0 Å². The van der Waals surface area contributed by atoms with Gasteiger partial charge in [0.1, 0.15) is 0 Å². The zero-order chi connectivity index (χ0) is 14.0. The van der Waals surface area contributed by atoms with Crippen LogP contribution in [0.1, 0.15) is 75.7 Å². The highest BCUT2D eigenvalue weighted by Gasteiger charge is 2.35. The second-order valence-corrected chi connectivity index (χ2v) is 5.68. The molecule has 0 aliphatic rings. The van der Waals surface area contributed by atoms with Crippen molar-refractivity contribution < 1.29 is 0 Å². The number of hydrogen-bond donors (Lipinski definition) is 0. The molecule has 0 radical (unpaired) electrons. The van der Waals surface area contributed by atoms with E-state index >= 15 is 0 Å². The van der Waals surface area contributed by atoms with Gasteiger partial charge in [0.15, 0.2) is 0 Å². The molecule has 0 rings (SSSR count). The summed E-state index contributed by atoms with van der Waals surface area (Å²) in [7, 11) is 0. The summed E-state index contributed by atoms with van der Waals surface area (Å²) in [5.41, 5.74) is 0.855. The summed E-state index contributed by atoms with van der Waals surface area (Å²) in [4.78, 5) is 0. The maximum Gasteiger partial charge on any atom is 0.00576 e. The monoisotopic (exact) mass is 226 g/mol. The maximum atomic E-state index is 4.78. The Labute approximate surface area is 105 Å². The maximum absolute atomic E-state index is 4.78.